The lowest BCUT2D eigenvalue weighted by atomic mass is 10.1. The van der Waals surface area contributed by atoms with Gasteiger partial charge in [0.2, 0.25) is 0 Å². The summed E-state index contributed by atoms with van der Waals surface area (Å²) in [6.45, 7) is 1.46. The predicted molar refractivity (Wildman–Crippen MR) is 56.6 cm³/mol. The molecule has 18 heavy (non-hydrogen) atoms. The van der Waals surface area contributed by atoms with Gasteiger partial charge in [0.1, 0.15) is 5.78 Å². The molecule has 0 aromatic carbocycles. The van der Waals surface area contributed by atoms with Crippen LogP contribution < -0.4 is 5.32 Å². The Kier molecular flexibility index (Phi) is 6.18. The second kappa shape index (κ2) is 6.44. The highest BCUT2D eigenvalue weighted by Gasteiger charge is 2.63. The largest absolute Gasteiger partial charge is 0.463 e. The monoisotopic (exact) mass is 339 g/mol. The Morgan fingerprint density at radius 1 is 1.22 bits per heavy atom. The fraction of sp³-hybridized carbons (Fsp3) is 0.778. The summed E-state index contributed by atoms with van der Waals surface area (Å²) >= 11 is 2.82. The topological polar surface area (TPSA) is 46.2 Å². The molecule has 0 spiro atoms. The number of ketones is 1. The van der Waals surface area contributed by atoms with E-state index in [-0.39, 0.29) is 18.2 Å². The highest BCUT2D eigenvalue weighted by molar-refractivity contribution is 9.09. The number of carbonyl (C=O) groups excluding carboxylic acids is 2. The first kappa shape index (κ1) is 17.3. The van der Waals surface area contributed by atoms with Gasteiger partial charge in [0, 0.05) is 12.5 Å². The standard InChI is InChI=1S/C9H11BrF5NO2/c1-2-5(3-6(17)4-10)16-7(18)8(11,12)9(13,14)15/h5H,2-4H2,1H3,(H,16,18). The summed E-state index contributed by atoms with van der Waals surface area (Å²) < 4.78 is 60.9. The number of Topliss-reactive ketones (excluding diaryl/α,β-unsaturated/α-hetero) is 1. The van der Waals surface area contributed by atoms with Crippen LogP contribution in [0.5, 0.6) is 0 Å². The van der Waals surface area contributed by atoms with Gasteiger partial charge in [-0.25, -0.2) is 0 Å². The van der Waals surface area contributed by atoms with Crippen molar-refractivity contribution >= 4 is 27.6 Å². The summed E-state index contributed by atoms with van der Waals surface area (Å²) in [5.41, 5.74) is 0. The normalized spacial score (nSPS) is 14.2. The lowest BCUT2D eigenvalue weighted by molar-refractivity contribution is -0.270. The van der Waals surface area contributed by atoms with E-state index < -0.39 is 29.8 Å². The number of hydrogen-bond donors (Lipinski definition) is 1. The average molecular weight is 340 g/mol. The van der Waals surface area contributed by atoms with Crippen molar-refractivity contribution in [2.75, 3.05) is 5.33 Å². The van der Waals surface area contributed by atoms with Crippen LogP contribution in [0, 0.1) is 0 Å². The molecule has 1 amide bonds. The van der Waals surface area contributed by atoms with Gasteiger partial charge in [-0.15, -0.1) is 0 Å². The average Bonchev–Trinajstić information content (AvgIpc) is 2.25. The van der Waals surface area contributed by atoms with Crippen molar-refractivity contribution in [3.05, 3.63) is 0 Å². The van der Waals surface area contributed by atoms with Gasteiger partial charge in [0.25, 0.3) is 0 Å². The Hall–Kier alpha value is -0.730. The zero-order valence-corrected chi connectivity index (χ0v) is 10.9. The van der Waals surface area contributed by atoms with Crippen LogP contribution in [0.25, 0.3) is 0 Å². The van der Waals surface area contributed by atoms with Gasteiger partial charge in [-0.1, -0.05) is 22.9 Å². The smallest absolute Gasteiger partial charge is 0.347 e. The molecule has 1 N–H and O–H groups in total. The van der Waals surface area contributed by atoms with Crippen LogP contribution in [0.15, 0.2) is 0 Å². The maximum Gasteiger partial charge on any atom is 0.463 e. The molecule has 0 rings (SSSR count). The SMILES string of the molecule is CCC(CC(=O)CBr)NC(=O)C(F)(F)C(F)(F)F. The molecule has 0 heterocycles. The third-order valence-corrected chi connectivity index (χ3v) is 2.72. The van der Waals surface area contributed by atoms with Gasteiger partial charge in [0.15, 0.2) is 0 Å². The maximum atomic E-state index is 12.6. The lowest BCUT2D eigenvalue weighted by Crippen LogP contribution is -2.53. The number of rotatable bonds is 6. The van der Waals surface area contributed by atoms with Crippen LogP contribution in [0.2, 0.25) is 0 Å². The number of alkyl halides is 6. The van der Waals surface area contributed by atoms with Crippen LogP contribution >= 0.6 is 15.9 Å². The number of nitrogens with one attached hydrogen (secondary N) is 1. The third-order valence-electron chi connectivity index (χ3n) is 2.09. The first-order valence-corrected chi connectivity index (χ1v) is 6.01. The lowest BCUT2D eigenvalue weighted by Gasteiger charge is -2.22. The second-order valence-electron chi connectivity index (χ2n) is 3.53. The molecule has 0 aliphatic rings. The van der Waals surface area contributed by atoms with Crippen LogP contribution in [-0.4, -0.2) is 35.2 Å². The maximum absolute atomic E-state index is 12.6. The first-order chi connectivity index (χ1) is 8.06. The fourth-order valence-electron chi connectivity index (χ4n) is 1.03. The fourth-order valence-corrected chi connectivity index (χ4v) is 1.26. The Labute approximate surface area is 108 Å². The highest BCUT2D eigenvalue weighted by atomic mass is 79.9. The van der Waals surface area contributed by atoms with Crippen molar-refractivity contribution in [3.8, 4) is 0 Å². The number of carbonyl (C=O) groups is 2. The van der Waals surface area contributed by atoms with E-state index in [9.17, 15) is 31.5 Å². The van der Waals surface area contributed by atoms with Crippen LogP contribution in [0.1, 0.15) is 19.8 Å². The number of amides is 1. The van der Waals surface area contributed by atoms with E-state index in [1.807, 2.05) is 0 Å². The number of halogens is 6. The van der Waals surface area contributed by atoms with Crippen LogP contribution in [-0.2, 0) is 9.59 Å². The molecule has 1 atom stereocenters. The summed E-state index contributed by atoms with van der Waals surface area (Å²) in [4.78, 5) is 21.8. The van der Waals surface area contributed by atoms with E-state index in [4.69, 9.17) is 0 Å². The molecular formula is C9H11BrF5NO2. The predicted octanol–water partition coefficient (Wildman–Crippen LogP) is 2.43. The molecule has 0 aliphatic carbocycles. The quantitative estimate of drug-likeness (QED) is 0.596. The van der Waals surface area contributed by atoms with Gasteiger partial charge in [0.05, 0.1) is 5.33 Å². The van der Waals surface area contributed by atoms with E-state index in [0.29, 0.717) is 0 Å². The molecule has 9 heteroatoms. The second-order valence-corrected chi connectivity index (χ2v) is 4.09. The third kappa shape index (κ3) is 4.51. The minimum Gasteiger partial charge on any atom is -0.347 e. The summed E-state index contributed by atoms with van der Waals surface area (Å²) in [6.07, 6.45) is -6.19. The molecule has 0 saturated carbocycles. The zero-order valence-electron chi connectivity index (χ0n) is 9.28. The van der Waals surface area contributed by atoms with Crippen LogP contribution in [0.4, 0.5) is 22.0 Å². The Morgan fingerprint density at radius 2 is 1.72 bits per heavy atom. The van der Waals surface area contributed by atoms with Crippen LogP contribution in [0.3, 0.4) is 0 Å². The highest BCUT2D eigenvalue weighted by Crippen LogP contribution is 2.35. The van der Waals surface area contributed by atoms with Crippen molar-refractivity contribution in [1.82, 2.24) is 5.32 Å². The summed E-state index contributed by atoms with van der Waals surface area (Å²) in [6, 6.07) is -1.05. The first-order valence-electron chi connectivity index (χ1n) is 4.89. The Balaban J connectivity index is 4.67. The molecule has 0 saturated heterocycles. The summed E-state index contributed by atoms with van der Waals surface area (Å²) in [5, 5.41) is 1.47. The van der Waals surface area contributed by atoms with Crippen molar-refractivity contribution in [1.29, 1.82) is 0 Å². The van der Waals surface area contributed by atoms with E-state index in [0.717, 1.165) is 0 Å². The molecule has 3 nitrogen and oxygen atoms in total. The Morgan fingerprint density at radius 3 is 2.06 bits per heavy atom. The zero-order chi connectivity index (χ0) is 14.6. The minimum atomic E-state index is -5.95. The molecule has 1 unspecified atom stereocenters. The van der Waals surface area contributed by atoms with Crippen molar-refractivity contribution in [3.63, 3.8) is 0 Å². The van der Waals surface area contributed by atoms with E-state index in [1.165, 1.54) is 12.2 Å². The number of hydrogen-bond acceptors (Lipinski definition) is 2. The van der Waals surface area contributed by atoms with Crippen molar-refractivity contribution < 1.29 is 31.5 Å². The van der Waals surface area contributed by atoms with E-state index in [1.54, 1.807) is 0 Å². The van der Waals surface area contributed by atoms with Gasteiger partial charge in [-0.2, -0.15) is 22.0 Å². The minimum absolute atomic E-state index is 0.0605. The van der Waals surface area contributed by atoms with E-state index >= 15 is 0 Å². The van der Waals surface area contributed by atoms with Crippen molar-refractivity contribution in [2.24, 2.45) is 0 Å². The van der Waals surface area contributed by atoms with Gasteiger partial charge in [-0.05, 0) is 6.42 Å². The van der Waals surface area contributed by atoms with E-state index in [2.05, 4.69) is 15.9 Å². The summed E-state index contributed by atoms with van der Waals surface area (Å²) in [5.74, 6) is -8.31. The molecule has 0 fully saturated rings. The molecule has 0 bridgehead atoms. The molecule has 0 radical (unpaired) electrons. The molecule has 0 aromatic rings. The Bertz CT molecular complexity index is 319. The molecule has 0 aromatic heterocycles. The van der Waals surface area contributed by atoms with Gasteiger partial charge < -0.3 is 5.32 Å². The van der Waals surface area contributed by atoms with Crippen molar-refractivity contribution in [2.45, 2.75) is 37.9 Å². The van der Waals surface area contributed by atoms with Gasteiger partial charge in [-0.3, -0.25) is 9.59 Å². The molecule has 106 valence electrons. The molecular weight excluding hydrogens is 329 g/mol. The summed E-state index contributed by atoms with van der Waals surface area (Å²) in [7, 11) is 0. The van der Waals surface area contributed by atoms with Gasteiger partial charge >= 0.3 is 18.0 Å². The molecule has 0 aliphatic heterocycles.